The Bertz CT molecular complexity index is 398. The largest absolute Gasteiger partial charge is 0.470 e. The summed E-state index contributed by atoms with van der Waals surface area (Å²) in [6, 6.07) is 7.68. The molecule has 1 heterocycles. The standard InChI is InChI=1S/C11H9NO/c1-2-5-9-8-12-10-6-3-4-7-11(10)13-9/h3-4,6-9H,1H3. The summed E-state index contributed by atoms with van der Waals surface area (Å²) < 4.78 is 5.55. The van der Waals surface area contributed by atoms with Crippen LogP contribution in [0.5, 0.6) is 5.75 Å². The summed E-state index contributed by atoms with van der Waals surface area (Å²) in [6.45, 7) is 1.79. The van der Waals surface area contributed by atoms with Gasteiger partial charge in [-0.3, -0.25) is 4.99 Å². The maximum absolute atomic E-state index is 5.55. The fourth-order valence-corrected chi connectivity index (χ4v) is 1.19. The van der Waals surface area contributed by atoms with E-state index >= 15 is 0 Å². The third-order valence-electron chi connectivity index (χ3n) is 1.75. The zero-order valence-electron chi connectivity index (χ0n) is 7.32. The number of aliphatic imine (C=N–C) groups is 1. The van der Waals surface area contributed by atoms with E-state index < -0.39 is 0 Å². The van der Waals surface area contributed by atoms with Crippen molar-refractivity contribution < 1.29 is 4.74 Å². The maximum atomic E-state index is 5.55. The van der Waals surface area contributed by atoms with E-state index in [2.05, 4.69) is 16.8 Å². The maximum Gasteiger partial charge on any atom is 0.194 e. The molecule has 0 aromatic heterocycles. The molecule has 2 heteroatoms. The van der Waals surface area contributed by atoms with Crippen LogP contribution in [0.25, 0.3) is 0 Å². The second-order valence-electron chi connectivity index (χ2n) is 2.68. The van der Waals surface area contributed by atoms with Crippen molar-refractivity contribution in [2.24, 2.45) is 4.99 Å². The highest BCUT2D eigenvalue weighted by Crippen LogP contribution is 2.29. The minimum absolute atomic E-state index is 0.195. The van der Waals surface area contributed by atoms with Crippen molar-refractivity contribution in [2.75, 3.05) is 0 Å². The van der Waals surface area contributed by atoms with E-state index in [1.54, 1.807) is 13.1 Å². The molecule has 13 heavy (non-hydrogen) atoms. The Morgan fingerprint density at radius 2 is 2.23 bits per heavy atom. The van der Waals surface area contributed by atoms with Gasteiger partial charge in [0.2, 0.25) is 0 Å². The quantitative estimate of drug-likeness (QED) is 0.548. The molecule has 0 spiro atoms. The Morgan fingerprint density at radius 3 is 3.08 bits per heavy atom. The molecule has 2 rings (SSSR count). The number of nitrogens with zero attached hydrogens (tertiary/aromatic N) is 1. The topological polar surface area (TPSA) is 21.6 Å². The number of para-hydroxylation sites is 2. The van der Waals surface area contributed by atoms with Gasteiger partial charge in [0.15, 0.2) is 6.10 Å². The van der Waals surface area contributed by atoms with Gasteiger partial charge in [0.1, 0.15) is 11.4 Å². The van der Waals surface area contributed by atoms with Crippen molar-refractivity contribution in [3.63, 3.8) is 0 Å². The zero-order chi connectivity index (χ0) is 9.10. The second kappa shape index (κ2) is 3.32. The van der Waals surface area contributed by atoms with Crippen molar-refractivity contribution in [3.8, 4) is 17.6 Å². The van der Waals surface area contributed by atoms with Gasteiger partial charge in [-0.2, -0.15) is 0 Å². The average Bonchev–Trinajstić information content (AvgIpc) is 2.18. The van der Waals surface area contributed by atoms with E-state index in [0.29, 0.717) is 0 Å². The molecule has 0 radical (unpaired) electrons. The third-order valence-corrected chi connectivity index (χ3v) is 1.75. The zero-order valence-corrected chi connectivity index (χ0v) is 7.32. The summed E-state index contributed by atoms with van der Waals surface area (Å²) in [4.78, 5) is 4.24. The van der Waals surface area contributed by atoms with Crippen LogP contribution >= 0.6 is 0 Å². The Kier molecular flexibility index (Phi) is 2.01. The lowest BCUT2D eigenvalue weighted by atomic mass is 10.2. The number of hydrogen-bond acceptors (Lipinski definition) is 2. The van der Waals surface area contributed by atoms with Crippen LogP contribution in [-0.4, -0.2) is 12.3 Å². The predicted octanol–water partition coefficient (Wildman–Crippen LogP) is 2.17. The van der Waals surface area contributed by atoms with Crippen LogP contribution in [0, 0.1) is 11.8 Å². The van der Waals surface area contributed by atoms with Crippen molar-refractivity contribution in [3.05, 3.63) is 24.3 Å². The molecule has 0 saturated heterocycles. The Morgan fingerprint density at radius 1 is 1.38 bits per heavy atom. The molecule has 2 nitrogen and oxygen atoms in total. The molecule has 0 bridgehead atoms. The van der Waals surface area contributed by atoms with Gasteiger partial charge in [-0.05, 0) is 19.1 Å². The lowest BCUT2D eigenvalue weighted by Gasteiger charge is -2.15. The molecule has 0 amide bonds. The van der Waals surface area contributed by atoms with Crippen LogP contribution in [0.1, 0.15) is 6.92 Å². The fourth-order valence-electron chi connectivity index (χ4n) is 1.19. The fraction of sp³-hybridized carbons (Fsp3) is 0.182. The summed E-state index contributed by atoms with van der Waals surface area (Å²) in [7, 11) is 0. The van der Waals surface area contributed by atoms with Crippen LogP contribution in [0.2, 0.25) is 0 Å². The van der Waals surface area contributed by atoms with Crippen LogP contribution in [0.3, 0.4) is 0 Å². The van der Waals surface area contributed by atoms with Crippen LogP contribution < -0.4 is 4.74 Å². The molecule has 1 aliphatic rings. The SMILES string of the molecule is CC#CC1C=Nc2ccccc2O1. The van der Waals surface area contributed by atoms with Gasteiger partial charge in [-0.15, -0.1) is 5.92 Å². The first-order valence-electron chi connectivity index (χ1n) is 4.12. The van der Waals surface area contributed by atoms with Crippen LogP contribution in [0.15, 0.2) is 29.3 Å². The highest BCUT2D eigenvalue weighted by Gasteiger charge is 2.11. The van der Waals surface area contributed by atoms with E-state index in [4.69, 9.17) is 4.74 Å². The first-order chi connectivity index (χ1) is 6.40. The lowest BCUT2D eigenvalue weighted by Crippen LogP contribution is -2.18. The molecule has 0 saturated carbocycles. The molecule has 1 atom stereocenters. The van der Waals surface area contributed by atoms with Crippen LogP contribution in [0.4, 0.5) is 5.69 Å². The minimum Gasteiger partial charge on any atom is -0.470 e. The highest BCUT2D eigenvalue weighted by molar-refractivity contribution is 5.76. The van der Waals surface area contributed by atoms with Crippen LogP contribution in [-0.2, 0) is 0 Å². The molecule has 0 fully saturated rings. The number of rotatable bonds is 0. The summed E-state index contributed by atoms with van der Waals surface area (Å²) >= 11 is 0. The molecule has 1 unspecified atom stereocenters. The number of benzene rings is 1. The minimum atomic E-state index is -0.195. The molecule has 0 N–H and O–H groups in total. The van der Waals surface area contributed by atoms with E-state index in [9.17, 15) is 0 Å². The van der Waals surface area contributed by atoms with Gasteiger partial charge in [-0.1, -0.05) is 18.1 Å². The van der Waals surface area contributed by atoms with Gasteiger partial charge in [0, 0.05) is 0 Å². The Balaban J connectivity index is 2.32. The summed E-state index contributed by atoms with van der Waals surface area (Å²) in [5.74, 6) is 6.51. The van der Waals surface area contributed by atoms with Crippen molar-refractivity contribution in [1.82, 2.24) is 0 Å². The first kappa shape index (κ1) is 7.88. The third kappa shape index (κ3) is 1.54. The molecule has 1 aliphatic heterocycles. The molecule has 1 aromatic carbocycles. The van der Waals surface area contributed by atoms with Gasteiger partial charge >= 0.3 is 0 Å². The summed E-state index contributed by atoms with van der Waals surface area (Å²) in [5, 5.41) is 0. The smallest absolute Gasteiger partial charge is 0.194 e. The van der Waals surface area contributed by atoms with Crippen molar-refractivity contribution in [1.29, 1.82) is 0 Å². The monoisotopic (exact) mass is 171 g/mol. The molecular weight excluding hydrogens is 162 g/mol. The molecule has 64 valence electrons. The normalized spacial score (nSPS) is 18.1. The molecular formula is C11H9NO. The molecule has 0 aliphatic carbocycles. The average molecular weight is 171 g/mol. The summed E-state index contributed by atoms with van der Waals surface area (Å²) in [6.07, 6.45) is 1.53. The molecule has 1 aromatic rings. The van der Waals surface area contributed by atoms with Crippen molar-refractivity contribution >= 4 is 11.9 Å². The number of hydrogen-bond donors (Lipinski definition) is 0. The summed E-state index contributed by atoms with van der Waals surface area (Å²) in [5.41, 5.74) is 0.872. The predicted molar refractivity (Wildman–Crippen MR) is 52.5 cm³/mol. The van der Waals surface area contributed by atoms with Gasteiger partial charge in [0.05, 0.1) is 6.21 Å². The lowest BCUT2D eigenvalue weighted by molar-refractivity contribution is 0.322. The first-order valence-corrected chi connectivity index (χ1v) is 4.12. The highest BCUT2D eigenvalue weighted by atomic mass is 16.5. The van der Waals surface area contributed by atoms with Gasteiger partial charge < -0.3 is 4.74 Å². The van der Waals surface area contributed by atoms with Crippen molar-refractivity contribution in [2.45, 2.75) is 13.0 Å². The van der Waals surface area contributed by atoms with E-state index in [1.165, 1.54) is 0 Å². The number of ether oxygens (including phenoxy) is 1. The number of fused-ring (bicyclic) bond motifs is 1. The Hall–Kier alpha value is -1.75. The van der Waals surface area contributed by atoms with E-state index in [1.807, 2.05) is 24.3 Å². The Labute approximate surface area is 77.3 Å². The van der Waals surface area contributed by atoms with Gasteiger partial charge in [0.25, 0.3) is 0 Å². The van der Waals surface area contributed by atoms with E-state index in [-0.39, 0.29) is 6.10 Å². The second-order valence-corrected chi connectivity index (χ2v) is 2.68. The van der Waals surface area contributed by atoms with E-state index in [0.717, 1.165) is 11.4 Å². The van der Waals surface area contributed by atoms with Gasteiger partial charge in [-0.25, -0.2) is 0 Å².